The molecule has 2 heterocycles. The van der Waals surface area contributed by atoms with Gasteiger partial charge in [0.15, 0.2) is 11.5 Å². The predicted octanol–water partition coefficient (Wildman–Crippen LogP) is 2.44. The monoisotopic (exact) mass is 244 g/mol. The van der Waals surface area contributed by atoms with Gasteiger partial charge in [0.1, 0.15) is 5.01 Å². The third-order valence-corrected chi connectivity index (χ3v) is 3.14. The topological polar surface area (TPSA) is 77.8 Å². The number of aromatic nitrogens is 3. The van der Waals surface area contributed by atoms with Gasteiger partial charge in [0.2, 0.25) is 0 Å². The smallest absolute Gasteiger partial charge is 0.198 e. The number of benzene rings is 1. The third kappa shape index (κ3) is 1.78. The first-order valence-corrected chi connectivity index (χ1v) is 5.82. The molecular weight excluding hydrogens is 236 g/mol. The number of hydrogen-bond acceptors (Lipinski definition) is 6. The first kappa shape index (κ1) is 9.98. The molecule has 0 aliphatic rings. The van der Waals surface area contributed by atoms with Crippen LogP contribution in [0, 0.1) is 0 Å². The normalized spacial score (nSPS) is 10.6. The largest absolute Gasteiger partial charge is 0.379 e. The molecule has 3 aromatic rings. The van der Waals surface area contributed by atoms with Crippen LogP contribution in [-0.4, -0.2) is 15.3 Å². The van der Waals surface area contributed by atoms with Crippen LogP contribution >= 0.6 is 11.3 Å². The predicted molar refractivity (Wildman–Crippen MR) is 65.3 cm³/mol. The van der Waals surface area contributed by atoms with Crippen molar-refractivity contribution in [3.8, 4) is 22.0 Å². The lowest BCUT2D eigenvalue weighted by atomic mass is 10.2. The molecule has 0 bridgehead atoms. The molecule has 1 aromatic carbocycles. The van der Waals surface area contributed by atoms with Crippen LogP contribution in [0.5, 0.6) is 0 Å². The Morgan fingerprint density at radius 2 is 1.94 bits per heavy atom. The van der Waals surface area contributed by atoms with E-state index < -0.39 is 0 Å². The van der Waals surface area contributed by atoms with Crippen molar-refractivity contribution >= 4 is 17.2 Å². The van der Waals surface area contributed by atoms with E-state index in [2.05, 4.69) is 19.9 Å². The molecule has 0 saturated heterocycles. The van der Waals surface area contributed by atoms with Gasteiger partial charge >= 0.3 is 0 Å². The number of thiazole rings is 1. The quantitative estimate of drug-likeness (QED) is 0.749. The summed E-state index contributed by atoms with van der Waals surface area (Å²) >= 11 is 1.46. The summed E-state index contributed by atoms with van der Waals surface area (Å²) in [5, 5.41) is 9.93. The van der Waals surface area contributed by atoms with Gasteiger partial charge < -0.3 is 5.73 Å². The highest BCUT2D eigenvalue weighted by atomic mass is 32.1. The van der Waals surface area contributed by atoms with Crippen LogP contribution in [0.15, 0.2) is 40.3 Å². The molecule has 0 saturated carbocycles. The summed E-state index contributed by atoms with van der Waals surface area (Å²) in [5.41, 5.74) is 8.07. The lowest BCUT2D eigenvalue weighted by Gasteiger charge is -1.93. The highest BCUT2D eigenvalue weighted by molar-refractivity contribution is 7.13. The Balaban J connectivity index is 2.02. The van der Waals surface area contributed by atoms with Gasteiger partial charge in [-0.25, -0.2) is 9.61 Å². The average molecular weight is 244 g/mol. The number of nitrogen functional groups attached to an aromatic ring is 1. The van der Waals surface area contributed by atoms with Crippen molar-refractivity contribution < 1.29 is 4.63 Å². The Kier molecular flexibility index (Phi) is 2.34. The van der Waals surface area contributed by atoms with E-state index in [1.807, 2.05) is 35.7 Å². The lowest BCUT2D eigenvalue weighted by Crippen LogP contribution is -1.88. The van der Waals surface area contributed by atoms with Crippen molar-refractivity contribution in [3.63, 3.8) is 0 Å². The van der Waals surface area contributed by atoms with Gasteiger partial charge in [-0.2, -0.15) is 0 Å². The van der Waals surface area contributed by atoms with Gasteiger partial charge in [-0.1, -0.05) is 30.3 Å². The molecule has 6 heteroatoms. The molecule has 0 fully saturated rings. The number of nitrogens with two attached hydrogens (primary N) is 1. The molecule has 84 valence electrons. The molecule has 3 rings (SSSR count). The molecule has 0 amide bonds. The van der Waals surface area contributed by atoms with E-state index in [1.165, 1.54) is 11.3 Å². The van der Waals surface area contributed by atoms with Crippen molar-refractivity contribution in [2.45, 2.75) is 0 Å². The second-order valence-electron chi connectivity index (χ2n) is 3.40. The maximum absolute atomic E-state index is 5.62. The van der Waals surface area contributed by atoms with Gasteiger partial charge in [0.05, 0.1) is 5.69 Å². The van der Waals surface area contributed by atoms with E-state index >= 15 is 0 Å². The lowest BCUT2D eigenvalue weighted by molar-refractivity contribution is 0.310. The van der Waals surface area contributed by atoms with Crippen LogP contribution in [0.1, 0.15) is 0 Å². The van der Waals surface area contributed by atoms with Crippen LogP contribution < -0.4 is 5.73 Å². The zero-order valence-electron chi connectivity index (χ0n) is 8.70. The second kappa shape index (κ2) is 3.99. The van der Waals surface area contributed by atoms with E-state index in [-0.39, 0.29) is 5.82 Å². The Labute approximate surface area is 101 Å². The van der Waals surface area contributed by atoms with Gasteiger partial charge in [0.25, 0.3) is 0 Å². The number of nitrogens with zero attached hydrogens (tertiary/aromatic N) is 3. The Morgan fingerprint density at radius 1 is 1.12 bits per heavy atom. The maximum Gasteiger partial charge on any atom is 0.198 e. The second-order valence-corrected chi connectivity index (χ2v) is 4.26. The molecular formula is C11H8N4OS. The van der Waals surface area contributed by atoms with E-state index in [0.717, 1.165) is 11.3 Å². The fourth-order valence-corrected chi connectivity index (χ4v) is 2.28. The SMILES string of the molecule is Nc1nonc1-c1nc(-c2ccccc2)cs1. The summed E-state index contributed by atoms with van der Waals surface area (Å²) in [4.78, 5) is 4.46. The Bertz CT molecular complexity index is 632. The first-order valence-electron chi connectivity index (χ1n) is 4.94. The van der Waals surface area contributed by atoms with E-state index in [0.29, 0.717) is 10.7 Å². The van der Waals surface area contributed by atoms with E-state index in [1.54, 1.807) is 0 Å². The van der Waals surface area contributed by atoms with Crippen LogP contribution in [0.25, 0.3) is 22.0 Å². The zero-order valence-corrected chi connectivity index (χ0v) is 9.52. The maximum atomic E-state index is 5.62. The minimum absolute atomic E-state index is 0.263. The fourth-order valence-electron chi connectivity index (χ4n) is 1.47. The van der Waals surface area contributed by atoms with Crippen molar-refractivity contribution in [1.29, 1.82) is 0 Å². The molecule has 0 spiro atoms. The van der Waals surface area contributed by atoms with Crippen molar-refractivity contribution in [2.75, 3.05) is 5.73 Å². The van der Waals surface area contributed by atoms with Crippen LogP contribution in [0.3, 0.4) is 0 Å². The molecule has 0 radical (unpaired) electrons. The summed E-state index contributed by atoms with van der Waals surface area (Å²) in [6.07, 6.45) is 0. The van der Waals surface area contributed by atoms with Gasteiger partial charge in [-0.3, -0.25) is 0 Å². The fraction of sp³-hybridized carbons (Fsp3) is 0. The van der Waals surface area contributed by atoms with Crippen LogP contribution in [-0.2, 0) is 0 Å². The van der Waals surface area contributed by atoms with Crippen molar-refractivity contribution in [1.82, 2.24) is 15.3 Å². The standard InChI is InChI=1S/C11H8N4OS/c12-10-9(14-16-15-10)11-13-8(6-17-11)7-4-2-1-3-5-7/h1-6H,(H2,12,15). The zero-order chi connectivity index (χ0) is 11.7. The summed E-state index contributed by atoms with van der Waals surface area (Å²) < 4.78 is 4.56. The summed E-state index contributed by atoms with van der Waals surface area (Å²) in [7, 11) is 0. The van der Waals surface area contributed by atoms with Gasteiger partial charge in [-0.05, 0) is 10.3 Å². The van der Waals surface area contributed by atoms with E-state index in [9.17, 15) is 0 Å². The highest BCUT2D eigenvalue weighted by Crippen LogP contribution is 2.29. The molecule has 17 heavy (non-hydrogen) atoms. The minimum atomic E-state index is 0.263. The molecule has 0 aliphatic carbocycles. The summed E-state index contributed by atoms with van der Waals surface area (Å²) in [5.74, 6) is 0.263. The van der Waals surface area contributed by atoms with Crippen LogP contribution in [0.2, 0.25) is 0 Å². The van der Waals surface area contributed by atoms with Crippen LogP contribution in [0.4, 0.5) is 5.82 Å². The molecule has 2 N–H and O–H groups in total. The first-order chi connectivity index (χ1) is 8.34. The van der Waals surface area contributed by atoms with Gasteiger partial charge in [-0.15, -0.1) is 11.3 Å². The molecule has 0 unspecified atom stereocenters. The van der Waals surface area contributed by atoms with Gasteiger partial charge in [0, 0.05) is 10.9 Å². The summed E-state index contributed by atoms with van der Waals surface area (Å²) in [6, 6.07) is 9.92. The Morgan fingerprint density at radius 3 is 2.65 bits per heavy atom. The molecule has 0 atom stereocenters. The van der Waals surface area contributed by atoms with Crippen molar-refractivity contribution in [2.24, 2.45) is 0 Å². The minimum Gasteiger partial charge on any atom is -0.379 e. The third-order valence-electron chi connectivity index (χ3n) is 2.29. The average Bonchev–Trinajstić information content (AvgIpc) is 2.98. The number of hydrogen-bond donors (Lipinski definition) is 1. The number of anilines is 1. The number of rotatable bonds is 2. The molecule has 0 aliphatic heterocycles. The molecule has 2 aromatic heterocycles. The highest BCUT2D eigenvalue weighted by Gasteiger charge is 2.13. The molecule has 5 nitrogen and oxygen atoms in total. The Hall–Kier alpha value is -2.21. The summed E-state index contributed by atoms with van der Waals surface area (Å²) in [6.45, 7) is 0. The van der Waals surface area contributed by atoms with E-state index in [4.69, 9.17) is 5.73 Å². The van der Waals surface area contributed by atoms with Crippen molar-refractivity contribution in [3.05, 3.63) is 35.7 Å².